The summed E-state index contributed by atoms with van der Waals surface area (Å²) in [6.07, 6.45) is 7.93. The lowest BCUT2D eigenvalue weighted by atomic mass is 10.1. The Hall–Kier alpha value is -0.760. The van der Waals surface area contributed by atoms with Gasteiger partial charge in [-0.3, -0.25) is 0 Å². The van der Waals surface area contributed by atoms with Crippen molar-refractivity contribution in [3.8, 4) is 0 Å². The Morgan fingerprint density at radius 1 is 1.47 bits per heavy atom. The van der Waals surface area contributed by atoms with Crippen LogP contribution in [-0.4, -0.2) is 11.6 Å². The Labute approximate surface area is 92.7 Å². The molecular weight excluding hydrogens is 184 g/mol. The average molecular weight is 206 g/mol. The molecule has 1 aromatic heterocycles. The summed E-state index contributed by atoms with van der Waals surface area (Å²) >= 11 is 0. The van der Waals surface area contributed by atoms with Crippen LogP contribution in [0.2, 0.25) is 0 Å². The Bertz CT molecular complexity index is 297. The van der Waals surface area contributed by atoms with Crippen molar-refractivity contribution in [2.75, 3.05) is 7.05 Å². The van der Waals surface area contributed by atoms with Crippen LogP contribution < -0.4 is 5.32 Å². The minimum Gasteiger partial charge on any atom is -0.350 e. The van der Waals surface area contributed by atoms with Crippen LogP contribution in [0.5, 0.6) is 0 Å². The van der Waals surface area contributed by atoms with E-state index in [1.165, 1.54) is 37.9 Å². The van der Waals surface area contributed by atoms with Crippen LogP contribution in [0.4, 0.5) is 0 Å². The molecule has 15 heavy (non-hydrogen) atoms. The Morgan fingerprint density at radius 3 is 2.87 bits per heavy atom. The fourth-order valence-electron chi connectivity index (χ4n) is 2.61. The van der Waals surface area contributed by atoms with Gasteiger partial charge >= 0.3 is 0 Å². The highest BCUT2D eigenvalue weighted by molar-refractivity contribution is 5.11. The molecule has 0 aromatic carbocycles. The first-order valence-corrected chi connectivity index (χ1v) is 6.13. The predicted octanol–water partition coefficient (Wildman–Crippen LogP) is 2.96. The van der Waals surface area contributed by atoms with E-state index >= 15 is 0 Å². The van der Waals surface area contributed by atoms with Crippen LogP contribution >= 0.6 is 0 Å². The number of nitrogens with one attached hydrogen (secondary N) is 1. The number of rotatable bonds is 4. The van der Waals surface area contributed by atoms with Crippen molar-refractivity contribution >= 4 is 0 Å². The molecular formula is C13H22N2. The minimum absolute atomic E-state index is 0.460. The van der Waals surface area contributed by atoms with Crippen molar-refractivity contribution in [2.24, 2.45) is 5.92 Å². The zero-order chi connectivity index (χ0) is 10.7. The number of aromatic nitrogens is 1. The van der Waals surface area contributed by atoms with E-state index in [9.17, 15) is 0 Å². The van der Waals surface area contributed by atoms with Crippen molar-refractivity contribution in [3.05, 3.63) is 24.0 Å². The van der Waals surface area contributed by atoms with Crippen LogP contribution in [0.3, 0.4) is 0 Å². The molecule has 1 saturated carbocycles. The summed E-state index contributed by atoms with van der Waals surface area (Å²) in [7, 11) is 2.03. The summed E-state index contributed by atoms with van der Waals surface area (Å²) in [4.78, 5) is 0. The van der Waals surface area contributed by atoms with Crippen molar-refractivity contribution < 1.29 is 0 Å². The van der Waals surface area contributed by atoms with Crippen molar-refractivity contribution in [1.29, 1.82) is 0 Å². The molecule has 84 valence electrons. The summed E-state index contributed by atoms with van der Waals surface area (Å²) in [5, 5.41) is 3.31. The van der Waals surface area contributed by atoms with E-state index < -0.39 is 0 Å². The van der Waals surface area contributed by atoms with Crippen LogP contribution in [-0.2, 0) is 6.54 Å². The SMILES string of the molecule is CNC(C)c1cccn1CC1CCCC1. The largest absolute Gasteiger partial charge is 0.350 e. The van der Waals surface area contributed by atoms with Gasteiger partial charge in [0.2, 0.25) is 0 Å². The third-order valence-corrected chi connectivity index (χ3v) is 3.67. The monoisotopic (exact) mass is 206 g/mol. The van der Waals surface area contributed by atoms with Gasteiger partial charge in [0.1, 0.15) is 0 Å². The minimum atomic E-state index is 0.460. The van der Waals surface area contributed by atoms with Crippen LogP contribution in [0.15, 0.2) is 18.3 Å². The molecule has 0 saturated heterocycles. The van der Waals surface area contributed by atoms with E-state index in [1.54, 1.807) is 0 Å². The maximum Gasteiger partial charge on any atom is 0.0443 e. The zero-order valence-electron chi connectivity index (χ0n) is 9.87. The summed E-state index contributed by atoms with van der Waals surface area (Å²) in [6.45, 7) is 3.44. The molecule has 1 fully saturated rings. The molecule has 0 amide bonds. The zero-order valence-corrected chi connectivity index (χ0v) is 9.87. The van der Waals surface area contributed by atoms with Gasteiger partial charge in [0, 0.05) is 24.5 Å². The predicted molar refractivity (Wildman–Crippen MR) is 63.9 cm³/mol. The number of hydrogen-bond acceptors (Lipinski definition) is 1. The molecule has 2 nitrogen and oxygen atoms in total. The second-order valence-electron chi connectivity index (χ2n) is 4.75. The lowest BCUT2D eigenvalue weighted by Gasteiger charge is -2.17. The summed E-state index contributed by atoms with van der Waals surface area (Å²) in [5.74, 6) is 0.917. The number of nitrogens with zero attached hydrogens (tertiary/aromatic N) is 1. The molecule has 0 aliphatic heterocycles. The van der Waals surface area contributed by atoms with Crippen LogP contribution in [0.1, 0.15) is 44.3 Å². The second-order valence-corrected chi connectivity index (χ2v) is 4.75. The van der Waals surface area contributed by atoms with Crippen LogP contribution in [0, 0.1) is 5.92 Å². The smallest absolute Gasteiger partial charge is 0.0443 e. The molecule has 0 radical (unpaired) electrons. The van der Waals surface area contributed by atoms with Gasteiger partial charge in [-0.05, 0) is 44.9 Å². The Balaban J connectivity index is 2.03. The first-order chi connectivity index (χ1) is 7.31. The number of hydrogen-bond donors (Lipinski definition) is 1. The molecule has 0 spiro atoms. The maximum atomic E-state index is 3.31. The van der Waals surface area contributed by atoms with Gasteiger partial charge in [0.05, 0.1) is 0 Å². The fraction of sp³-hybridized carbons (Fsp3) is 0.692. The first kappa shape index (κ1) is 10.7. The van der Waals surface area contributed by atoms with E-state index in [-0.39, 0.29) is 0 Å². The fourth-order valence-corrected chi connectivity index (χ4v) is 2.61. The highest BCUT2D eigenvalue weighted by Gasteiger charge is 2.17. The summed E-state index contributed by atoms with van der Waals surface area (Å²) in [6, 6.07) is 4.86. The molecule has 1 heterocycles. The highest BCUT2D eigenvalue weighted by atomic mass is 15.0. The molecule has 1 atom stereocenters. The van der Waals surface area contributed by atoms with Gasteiger partial charge in [0.25, 0.3) is 0 Å². The molecule has 1 N–H and O–H groups in total. The standard InChI is InChI=1S/C13H22N2/c1-11(14-2)13-8-5-9-15(13)10-12-6-3-4-7-12/h5,8-9,11-12,14H,3-4,6-7,10H2,1-2H3. The highest BCUT2D eigenvalue weighted by Crippen LogP contribution is 2.27. The van der Waals surface area contributed by atoms with Gasteiger partial charge in [-0.1, -0.05) is 12.8 Å². The van der Waals surface area contributed by atoms with Crippen molar-refractivity contribution in [3.63, 3.8) is 0 Å². The molecule has 0 bridgehead atoms. The quantitative estimate of drug-likeness (QED) is 0.801. The van der Waals surface area contributed by atoms with Crippen molar-refractivity contribution in [1.82, 2.24) is 9.88 Å². The van der Waals surface area contributed by atoms with Gasteiger partial charge in [-0.25, -0.2) is 0 Å². The Kier molecular flexibility index (Phi) is 3.47. The van der Waals surface area contributed by atoms with Gasteiger partial charge in [0.15, 0.2) is 0 Å². The van der Waals surface area contributed by atoms with Gasteiger partial charge in [-0.15, -0.1) is 0 Å². The topological polar surface area (TPSA) is 17.0 Å². The lowest BCUT2D eigenvalue weighted by molar-refractivity contribution is 0.437. The lowest BCUT2D eigenvalue weighted by Crippen LogP contribution is -2.18. The normalized spacial score (nSPS) is 19.6. The van der Waals surface area contributed by atoms with E-state index in [2.05, 4.69) is 35.1 Å². The summed E-state index contributed by atoms with van der Waals surface area (Å²) in [5.41, 5.74) is 1.42. The van der Waals surface area contributed by atoms with Crippen LogP contribution in [0.25, 0.3) is 0 Å². The van der Waals surface area contributed by atoms with E-state index in [1.807, 2.05) is 7.05 Å². The molecule has 2 rings (SSSR count). The van der Waals surface area contributed by atoms with E-state index in [0.29, 0.717) is 6.04 Å². The third kappa shape index (κ3) is 2.43. The molecule has 1 aliphatic carbocycles. The molecule has 1 unspecified atom stereocenters. The van der Waals surface area contributed by atoms with Gasteiger partial charge in [-0.2, -0.15) is 0 Å². The van der Waals surface area contributed by atoms with E-state index in [4.69, 9.17) is 0 Å². The average Bonchev–Trinajstić information content (AvgIpc) is 2.88. The second kappa shape index (κ2) is 4.84. The molecule has 1 aromatic rings. The Morgan fingerprint density at radius 2 is 2.20 bits per heavy atom. The van der Waals surface area contributed by atoms with E-state index in [0.717, 1.165) is 5.92 Å². The van der Waals surface area contributed by atoms with Gasteiger partial charge < -0.3 is 9.88 Å². The first-order valence-electron chi connectivity index (χ1n) is 6.13. The maximum absolute atomic E-state index is 3.31. The molecule has 2 heteroatoms. The summed E-state index contributed by atoms with van der Waals surface area (Å²) < 4.78 is 2.43. The van der Waals surface area contributed by atoms with Crippen molar-refractivity contribution in [2.45, 2.75) is 45.2 Å². The molecule has 1 aliphatic rings. The third-order valence-electron chi connectivity index (χ3n) is 3.67.